The lowest BCUT2D eigenvalue weighted by Gasteiger charge is -2.05. The molecule has 1 aromatic carbocycles. The molecule has 0 amide bonds. The highest BCUT2D eigenvalue weighted by molar-refractivity contribution is 6.49. The summed E-state index contributed by atoms with van der Waals surface area (Å²) in [5.74, 6) is -2.51. The lowest BCUT2D eigenvalue weighted by Crippen LogP contribution is -2.10. The Morgan fingerprint density at radius 2 is 1.72 bits per heavy atom. The fourth-order valence-corrected chi connectivity index (χ4v) is 2.99. The third-order valence-electron chi connectivity index (χ3n) is 3.55. The largest absolute Gasteiger partial charge is 0.478 e. The predicted molar refractivity (Wildman–Crippen MR) is 111 cm³/mol. The van der Waals surface area contributed by atoms with E-state index in [2.05, 4.69) is 10.1 Å². The molecule has 29 heavy (non-hydrogen) atoms. The third-order valence-corrected chi connectivity index (χ3v) is 4.85. The highest BCUT2D eigenvalue weighted by Crippen LogP contribution is 2.39. The van der Waals surface area contributed by atoms with Gasteiger partial charge in [-0.1, -0.05) is 34.8 Å². The molecule has 0 saturated carbocycles. The van der Waals surface area contributed by atoms with E-state index in [0.717, 1.165) is 22.2 Å². The van der Waals surface area contributed by atoms with Crippen LogP contribution in [0.2, 0.25) is 15.1 Å². The molecular formula is C18H15Cl3N4O4. The minimum atomic E-state index is -1.26. The summed E-state index contributed by atoms with van der Waals surface area (Å²) >= 11 is 18.4. The Hall–Kier alpha value is -2.65. The molecule has 0 aliphatic carbocycles. The standard InChI is InChI=1S/C14H11Cl3N4.C4H4O4/c15-10-2-1-8(12(16)13(10)17)14-9-7-19-5-3-11(9)21(20-14)6-4-18;5-3(6)1-2-4(7)8/h1-3,5,7H,4,6,18H2;1-2H,(H,5,6)(H,7,8). The lowest BCUT2D eigenvalue weighted by atomic mass is 10.1. The van der Waals surface area contributed by atoms with Crippen molar-refractivity contribution in [2.75, 3.05) is 6.54 Å². The second kappa shape index (κ2) is 10.2. The van der Waals surface area contributed by atoms with Gasteiger partial charge >= 0.3 is 11.9 Å². The summed E-state index contributed by atoms with van der Waals surface area (Å²) in [6, 6.07) is 5.40. The number of rotatable bonds is 5. The number of nitrogens with two attached hydrogens (primary N) is 1. The van der Waals surface area contributed by atoms with Crippen LogP contribution in [-0.2, 0) is 16.1 Å². The maximum atomic E-state index is 9.55. The van der Waals surface area contributed by atoms with Crippen LogP contribution >= 0.6 is 34.8 Å². The van der Waals surface area contributed by atoms with Gasteiger partial charge in [-0.15, -0.1) is 0 Å². The first-order valence-electron chi connectivity index (χ1n) is 8.04. The van der Waals surface area contributed by atoms with Gasteiger partial charge in [0.25, 0.3) is 0 Å². The number of aromatic nitrogens is 3. The fourth-order valence-electron chi connectivity index (χ4n) is 2.37. The van der Waals surface area contributed by atoms with Gasteiger partial charge in [-0.2, -0.15) is 5.10 Å². The first-order chi connectivity index (χ1) is 13.8. The number of hydrogen-bond donors (Lipinski definition) is 3. The van der Waals surface area contributed by atoms with Crippen LogP contribution in [0, 0.1) is 0 Å². The van der Waals surface area contributed by atoms with E-state index in [1.165, 1.54) is 0 Å². The molecule has 2 aromatic heterocycles. The quantitative estimate of drug-likeness (QED) is 0.393. The smallest absolute Gasteiger partial charge is 0.328 e. The van der Waals surface area contributed by atoms with Crippen LogP contribution in [0.1, 0.15) is 0 Å². The number of benzene rings is 1. The van der Waals surface area contributed by atoms with E-state index in [4.69, 9.17) is 50.7 Å². The molecule has 0 unspecified atom stereocenters. The van der Waals surface area contributed by atoms with E-state index in [-0.39, 0.29) is 0 Å². The van der Waals surface area contributed by atoms with E-state index < -0.39 is 11.9 Å². The number of carboxylic acids is 2. The fraction of sp³-hybridized carbons (Fsp3) is 0.111. The molecular weight excluding hydrogens is 443 g/mol. The van der Waals surface area contributed by atoms with Gasteiger partial charge in [0.05, 0.1) is 27.1 Å². The van der Waals surface area contributed by atoms with Gasteiger partial charge in [-0.25, -0.2) is 9.59 Å². The highest BCUT2D eigenvalue weighted by Gasteiger charge is 2.17. The summed E-state index contributed by atoms with van der Waals surface area (Å²) in [5, 5.41) is 22.2. The van der Waals surface area contributed by atoms with Gasteiger partial charge < -0.3 is 15.9 Å². The normalized spacial score (nSPS) is 10.8. The van der Waals surface area contributed by atoms with E-state index in [1.54, 1.807) is 24.5 Å². The van der Waals surface area contributed by atoms with Crippen LogP contribution in [-0.4, -0.2) is 43.5 Å². The second-order valence-electron chi connectivity index (χ2n) is 5.49. The number of fused-ring (bicyclic) bond motifs is 1. The number of hydrogen-bond acceptors (Lipinski definition) is 5. The molecule has 8 nitrogen and oxygen atoms in total. The van der Waals surface area contributed by atoms with Crippen molar-refractivity contribution >= 4 is 57.6 Å². The monoisotopic (exact) mass is 456 g/mol. The lowest BCUT2D eigenvalue weighted by molar-refractivity contribution is -0.134. The first-order valence-corrected chi connectivity index (χ1v) is 9.18. The van der Waals surface area contributed by atoms with Crippen molar-refractivity contribution in [3.05, 3.63) is 57.8 Å². The summed E-state index contributed by atoms with van der Waals surface area (Å²) < 4.78 is 1.84. The number of nitrogens with zero attached hydrogens (tertiary/aromatic N) is 3. The van der Waals surface area contributed by atoms with Gasteiger partial charge in [-0.3, -0.25) is 9.67 Å². The van der Waals surface area contributed by atoms with Gasteiger partial charge in [0.2, 0.25) is 0 Å². The average molecular weight is 458 g/mol. The maximum Gasteiger partial charge on any atom is 0.328 e. The maximum absolute atomic E-state index is 9.55. The Kier molecular flexibility index (Phi) is 7.98. The average Bonchev–Trinajstić information content (AvgIpc) is 3.04. The molecule has 0 saturated heterocycles. The van der Waals surface area contributed by atoms with E-state index >= 15 is 0 Å². The van der Waals surface area contributed by atoms with Crippen LogP contribution < -0.4 is 5.73 Å². The Morgan fingerprint density at radius 1 is 1.07 bits per heavy atom. The minimum absolute atomic E-state index is 0.321. The zero-order chi connectivity index (χ0) is 21.6. The number of carboxylic acid groups (broad SMARTS) is 2. The van der Waals surface area contributed by atoms with Crippen molar-refractivity contribution in [3.63, 3.8) is 0 Å². The van der Waals surface area contributed by atoms with Crippen molar-refractivity contribution in [1.29, 1.82) is 0 Å². The van der Waals surface area contributed by atoms with Gasteiger partial charge in [-0.05, 0) is 18.2 Å². The first kappa shape index (κ1) is 22.6. The SMILES string of the molecule is NCCn1nc(-c2ccc(Cl)c(Cl)c2Cl)c2cnccc21.O=C(O)C=CC(=O)O. The Labute approximate surface area is 180 Å². The van der Waals surface area contributed by atoms with Crippen molar-refractivity contribution in [1.82, 2.24) is 14.8 Å². The number of aliphatic carboxylic acids is 2. The molecule has 0 aliphatic heterocycles. The Balaban J connectivity index is 0.000000321. The van der Waals surface area contributed by atoms with Crippen LogP contribution in [0.3, 0.4) is 0 Å². The van der Waals surface area contributed by atoms with Gasteiger partial charge in [0.15, 0.2) is 0 Å². The molecule has 0 radical (unpaired) electrons. The van der Waals surface area contributed by atoms with Crippen LogP contribution in [0.25, 0.3) is 22.2 Å². The van der Waals surface area contributed by atoms with Crippen LogP contribution in [0.4, 0.5) is 0 Å². The van der Waals surface area contributed by atoms with Crippen molar-refractivity contribution < 1.29 is 19.8 Å². The molecule has 3 rings (SSSR count). The summed E-state index contributed by atoms with van der Waals surface area (Å²) in [6.45, 7) is 1.10. The summed E-state index contributed by atoms with van der Waals surface area (Å²) in [5.41, 5.74) is 8.02. The van der Waals surface area contributed by atoms with Crippen molar-refractivity contribution in [2.24, 2.45) is 5.73 Å². The van der Waals surface area contributed by atoms with E-state index in [1.807, 2.05) is 10.7 Å². The van der Waals surface area contributed by atoms with Gasteiger partial charge in [0, 0.05) is 42.0 Å². The third kappa shape index (κ3) is 5.68. The molecule has 0 fully saturated rings. The van der Waals surface area contributed by atoms with Crippen molar-refractivity contribution in [3.8, 4) is 11.3 Å². The van der Waals surface area contributed by atoms with E-state index in [0.29, 0.717) is 40.3 Å². The van der Waals surface area contributed by atoms with Gasteiger partial charge in [0.1, 0.15) is 5.69 Å². The molecule has 0 spiro atoms. The predicted octanol–water partition coefficient (Wildman–Crippen LogP) is 3.73. The molecule has 0 aliphatic rings. The molecule has 3 aromatic rings. The van der Waals surface area contributed by atoms with Crippen molar-refractivity contribution in [2.45, 2.75) is 6.54 Å². The van der Waals surface area contributed by atoms with E-state index in [9.17, 15) is 9.59 Å². The minimum Gasteiger partial charge on any atom is -0.478 e. The molecule has 4 N–H and O–H groups in total. The van der Waals surface area contributed by atoms with Crippen LogP contribution in [0.5, 0.6) is 0 Å². The highest BCUT2D eigenvalue weighted by atomic mass is 35.5. The Bertz CT molecular complexity index is 1070. The number of halogens is 3. The Morgan fingerprint density at radius 3 is 2.31 bits per heavy atom. The molecule has 2 heterocycles. The number of pyridine rings is 1. The van der Waals surface area contributed by atoms with Crippen LogP contribution in [0.15, 0.2) is 42.7 Å². The molecule has 0 atom stereocenters. The number of carbonyl (C=O) groups is 2. The summed E-state index contributed by atoms with van der Waals surface area (Å²) in [4.78, 5) is 23.3. The summed E-state index contributed by atoms with van der Waals surface area (Å²) in [6.07, 6.45) is 4.59. The molecule has 152 valence electrons. The molecule has 0 bridgehead atoms. The summed E-state index contributed by atoms with van der Waals surface area (Å²) in [7, 11) is 0. The molecule has 11 heteroatoms. The zero-order valence-electron chi connectivity index (χ0n) is 14.7. The second-order valence-corrected chi connectivity index (χ2v) is 6.65. The topological polar surface area (TPSA) is 131 Å². The zero-order valence-corrected chi connectivity index (χ0v) is 17.0.